The summed E-state index contributed by atoms with van der Waals surface area (Å²) >= 11 is 0. The number of benzene rings is 2. The lowest BCUT2D eigenvalue weighted by Gasteiger charge is -2.08. The minimum atomic E-state index is -2.78. The Bertz CT molecular complexity index is 1200. The van der Waals surface area contributed by atoms with Crippen molar-refractivity contribution in [2.24, 2.45) is 0 Å². The maximum absolute atomic E-state index is 13.6. The predicted molar refractivity (Wildman–Crippen MR) is 124 cm³/mol. The third-order valence-corrected chi connectivity index (χ3v) is 5.86. The Hall–Kier alpha value is -3.40. The molecule has 0 aliphatic heterocycles. The van der Waals surface area contributed by atoms with Crippen LogP contribution in [0.4, 0.5) is 4.39 Å². The van der Waals surface area contributed by atoms with E-state index < -0.39 is 26.5 Å². The molecule has 9 heteroatoms. The zero-order valence-electron chi connectivity index (χ0n) is 18.2. The summed E-state index contributed by atoms with van der Waals surface area (Å²) in [5, 5.41) is 23.1. The average molecular weight is 470 g/mol. The lowest BCUT2D eigenvalue weighted by Crippen LogP contribution is -2.15. The molecule has 0 saturated heterocycles. The van der Waals surface area contributed by atoms with Gasteiger partial charge in [0.25, 0.3) is 0 Å². The topological polar surface area (TPSA) is 102 Å². The van der Waals surface area contributed by atoms with E-state index >= 15 is 0 Å². The highest BCUT2D eigenvalue weighted by atomic mass is 31.1. The molecule has 0 fully saturated rings. The second-order valence-corrected chi connectivity index (χ2v) is 9.00. The molecule has 0 aliphatic carbocycles. The third kappa shape index (κ3) is 6.32. The van der Waals surface area contributed by atoms with Crippen molar-refractivity contribution in [1.29, 1.82) is 0 Å². The Kier molecular flexibility index (Phi) is 8.05. The zero-order chi connectivity index (χ0) is 24.0. The summed E-state index contributed by atoms with van der Waals surface area (Å²) in [6.45, 7) is 3.88. The van der Waals surface area contributed by atoms with Gasteiger partial charge < -0.3 is 14.7 Å². The van der Waals surface area contributed by atoms with Crippen molar-refractivity contribution in [2.45, 2.75) is 32.4 Å². The number of carbonyl (C=O) groups is 1. The highest BCUT2D eigenvalue weighted by molar-refractivity contribution is 7.39. The number of rotatable bonds is 8. The number of aliphatic hydroxyl groups is 1. The van der Waals surface area contributed by atoms with Crippen molar-refractivity contribution in [3.63, 3.8) is 0 Å². The number of nitrogens with zero attached hydrogens (tertiary/aromatic N) is 2. The van der Waals surface area contributed by atoms with Gasteiger partial charge in [0.15, 0.2) is 0 Å². The van der Waals surface area contributed by atoms with Crippen LogP contribution in [0.1, 0.15) is 32.0 Å². The summed E-state index contributed by atoms with van der Waals surface area (Å²) in [7, 11) is -2.78. The van der Waals surface area contributed by atoms with E-state index in [1.54, 1.807) is 16.8 Å². The van der Waals surface area contributed by atoms with E-state index in [2.05, 4.69) is 12.0 Å². The molecule has 1 heterocycles. The van der Waals surface area contributed by atoms with Gasteiger partial charge in [-0.1, -0.05) is 42.5 Å². The van der Waals surface area contributed by atoms with Gasteiger partial charge >= 0.3 is 5.97 Å². The van der Waals surface area contributed by atoms with E-state index in [0.29, 0.717) is 22.5 Å². The van der Waals surface area contributed by atoms with Crippen LogP contribution in [0.5, 0.6) is 0 Å². The molecule has 0 bridgehead atoms. The first-order chi connectivity index (χ1) is 15.8. The monoisotopic (exact) mass is 470 g/mol. The summed E-state index contributed by atoms with van der Waals surface area (Å²) in [4.78, 5) is 10.7. The van der Waals surface area contributed by atoms with Crippen LogP contribution in [0.15, 0.2) is 54.6 Å². The minimum absolute atomic E-state index is 0.0691. The van der Waals surface area contributed by atoms with Crippen LogP contribution in [-0.2, 0) is 13.9 Å². The van der Waals surface area contributed by atoms with E-state index in [0.717, 1.165) is 5.56 Å². The van der Waals surface area contributed by atoms with Gasteiger partial charge in [0.2, 0.25) is 8.03 Å². The van der Waals surface area contributed by atoms with Crippen molar-refractivity contribution in [2.75, 3.05) is 6.16 Å². The van der Waals surface area contributed by atoms with Crippen molar-refractivity contribution in [3.8, 4) is 34.4 Å². The number of aliphatic hydroxyl groups excluding tert-OH is 1. The summed E-state index contributed by atoms with van der Waals surface area (Å²) < 4.78 is 32.5. The number of hydrogen-bond donors (Lipinski definition) is 2. The fourth-order valence-electron chi connectivity index (χ4n) is 3.25. The Morgan fingerprint density at radius 3 is 2.42 bits per heavy atom. The maximum Gasteiger partial charge on any atom is 0.305 e. The van der Waals surface area contributed by atoms with Crippen molar-refractivity contribution >= 4 is 14.0 Å². The lowest BCUT2D eigenvalue weighted by atomic mass is 9.99. The van der Waals surface area contributed by atoms with E-state index in [9.17, 15) is 18.9 Å². The molecular formula is C24H24FN2O5P. The molecule has 0 radical (unpaired) electrons. The molecule has 7 nitrogen and oxygen atoms in total. The molecule has 1 unspecified atom stereocenters. The molecule has 0 spiro atoms. The third-order valence-electron chi connectivity index (χ3n) is 4.73. The molecule has 2 N–H and O–H groups in total. The van der Waals surface area contributed by atoms with Crippen molar-refractivity contribution < 1.29 is 28.5 Å². The quantitative estimate of drug-likeness (QED) is 0.369. The molecule has 33 heavy (non-hydrogen) atoms. The standard InChI is InChI=1S/C24H24FN2O5P/c1-16(2)27-21(12-13-32-33(31)15-20(28)14-22(29)30)23(17-8-10-19(25)11-9-17)24(26-27)18-6-4-3-5-7-18/h3-11,16,20,28,33H,14-15H2,1-2H3,(H,29,30)/t20-/m0/s1. The molecule has 2 aromatic carbocycles. The fourth-order valence-corrected chi connectivity index (χ4v) is 4.03. The maximum atomic E-state index is 13.6. The molecule has 0 amide bonds. The molecule has 1 aromatic heterocycles. The van der Waals surface area contributed by atoms with Crippen LogP contribution in [0, 0.1) is 17.8 Å². The Balaban J connectivity index is 2.03. The number of aliphatic carboxylic acids is 1. The molecule has 0 aliphatic rings. The zero-order valence-corrected chi connectivity index (χ0v) is 19.2. The summed E-state index contributed by atoms with van der Waals surface area (Å²) in [6, 6.07) is 15.4. The molecule has 172 valence electrons. The van der Waals surface area contributed by atoms with Crippen LogP contribution in [-0.4, -0.2) is 38.2 Å². The highest BCUT2D eigenvalue weighted by Crippen LogP contribution is 2.36. The van der Waals surface area contributed by atoms with Gasteiger partial charge in [0, 0.05) is 17.2 Å². The Labute approximate surface area is 191 Å². The summed E-state index contributed by atoms with van der Waals surface area (Å²) in [5.74, 6) is 1.31. The van der Waals surface area contributed by atoms with Gasteiger partial charge in [-0.05, 0) is 37.5 Å². The average Bonchev–Trinajstić information content (AvgIpc) is 3.14. The Morgan fingerprint density at radius 1 is 1.15 bits per heavy atom. The number of carboxylic acids is 1. The van der Waals surface area contributed by atoms with Gasteiger partial charge in [0.05, 0.1) is 18.7 Å². The van der Waals surface area contributed by atoms with Gasteiger partial charge in [-0.2, -0.15) is 5.10 Å². The first-order valence-electron chi connectivity index (χ1n) is 10.3. The van der Waals surface area contributed by atoms with E-state index in [-0.39, 0.29) is 18.0 Å². The summed E-state index contributed by atoms with van der Waals surface area (Å²) in [5.41, 5.74) is 3.39. The van der Waals surface area contributed by atoms with Crippen molar-refractivity contribution in [3.05, 3.63) is 66.1 Å². The molecule has 3 rings (SSSR count). The lowest BCUT2D eigenvalue weighted by molar-refractivity contribution is -0.138. The van der Waals surface area contributed by atoms with Crippen molar-refractivity contribution in [1.82, 2.24) is 9.78 Å². The first kappa shape index (κ1) is 24.2. The second-order valence-electron chi connectivity index (χ2n) is 7.64. The van der Waals surface area contributed by atoms with Crippen LogP contribution in [0.25, 0.3) is 22.4 Å². The largest absolute Gasteiger partial charge is 0.481 e. The highest BCUT2D eigenvalue weighted by Gasteiger charge is 2.21. The number of halogens is 1. The number of aromatic nitrogens is 2. The van der Waals surface area contributed by atoms with E-state index in [1.165, 1.54) is 12.1 Å². The smallest absolute Gasteiger partial charge is 0.305 e. The SMILES string of the molecule is CC(C)n1nc(-c2ccccc2)c(-c2ccc(F)cc2)c1C#CO[PH](=O)C[C@@H](O)CC(=O)O. The first-order valence-corrected chi connectivity index (χ1v) is 11.8. The second kappa shape index (κ2) is 11.0. The molecular weight excluding hydrogens is 446 g/mol. The minimum Gasteiger partial charge on any atom is -0.481 e. The van der Waals surface area contributed by atoms with Gasteiger partial charge in [-0.25, -0.2) is 4.39 Å². The van der Waals surface area contributed by atoms with Gasteiger partial charge in [0.1, 0.15) is 23.3 Å². The van der Waals surface area contributed by atoms with Crippen LogP contribution < -0.4 is 0 Å². The predicted octanol–water partition coefficient (Wildman–Crippen LogP) is 4.57. The molecule has 2 atom stereocenters. The van der Waals surface area contributed by atoms with Crippen LogP contribution >= 0.6 is 8.03 Å². The normalized spacial score (nSPS) is 12.6. The molecule has 3 aromatic rings. The number of hydrogen-bond acceptors (Lipinski definition) is 5. The molecule has 0 saturated carbocycles. The van der Waals surface area contributed by atoms with E-state index in [1.807, 2.05) is 44.2 Å². The van der Waals surface area contributed by atoms with E-state index in [4.69, 9.17) is 14.7 Å². The van der Waals surface area contributed by atoms with Crippen LogP contribution in [0.3, 0.4) is 0 Å². The van der Waals surface area contributed by atoms with Crippen LogP contribution in [0.2, 0.25) is 0 Å². The van der Waals surface area contributed by atoms with Gasteiger partial charge in [-0.3, -0.25) is 14.0 Å². The fraction of sp³-hybridized carbons (Fsp3) is 0.250. The Morgan fingerprint density at radius 2 is 1.82 bits per heavy atom. The number of carboxylic acid groups (broad SMARTS) is 1. The summed E-state index contributed by atoms with van der Waals surface area (Å²) in [6.07, 6.45) is 0.314. The van der Waals surface area contributed by atoms with Gasteiger partial charge in [-0.15, -0.1) is 0 Å².